The number of carbonyl (C=O) groups excluding carboxylic acids is 4. The van der Waals surface area contributed by atoms with Crippen LogP contribution in [0, 0.1) is 5.92 Å². The van der Waals surface area contributed by atoms with Gasteiger partial charge in [-0.2, -0.15) is 13.2 Å². The van der Waals surface area contributed by atoms with Crippen molar-refractivity contribution in [3.8, 4) is 11.5 Å². The summed E-state index contributed by atoms with van der Waals surface area (Å²) < 4.78 is 90.6. The lowest BCUT2D eigenvalue weighted by atomic mass is 9.83. The molecule has 2 aromatic rings. The molecule has 3 saturated carbocycles. The van der Waals surface area contributed by atoms with Gasteiger partial charge in [0.15, 0.2) is 11.4 Å². The second-order valence-corrected chi connectivity index (χ2v) is 21.4. The molecule has 0 bridgehead atoms. The van der Waals surface area contributed by atoms with Gasteiger partial charge in [0.25, 0.3) is 5.91 Å². The summed E-state index contributed by atoms with van der Waals surface area (Å²) in [6, 6.07) is 1.22. The predicted molar refractivity (Wildman–Crippen MR) is 219 cm³/mol. The summed E-state index contributed by atoms with van der Waals surface area (Å²) in [4.78, 5) is 62.4. The quantitative estimate of drug-likeness (QED) is 0.258. The van der Waals surface area contributed by atoms with Crippen LogP contribution in [0.25, 0.3) is 10.9 Å². The van der Waals surface area contributed by atoms with Gasteiger partial charge in [-0.1, -0.05) is 25.0 Å². The van der Waals surface area contributed by atoms with Crippen LogP contribution in [0.15, 0.2) is 30.4 Å². The van der Waals surface area contributed by atoms with Gasteiger partial charge in [0.1, 0.15) is 34.6 Å². The number of allylic oxidation sites excluding steroid dienone is 1. The van der Waals surface area contributed by atoms with E-state index in [2.05, 4.69) is 25.7 Å². The van der Waals surface area contributed by atoms with E-state index >= 15 is 13.2 Å². The number of methoxy groups -OCH3 is 1. The number of hydrogen-bond acceptors (Lipinski definition) is 11. The Morgan fingerprint density at radius 1 is 1.02 bits per heavy atom. The molecule has 4 heterocycles. The number of ether oxygens (including phenoxy) is 3. The molecule has 8 rings (SSSR count). The zero-order chi connectivity index (χ0) is 44.6. The Labute approximate surface area is 358 Å². The highest BCUT2D eigenvalue weighted by Gasteiger charge is 2.64. The van der Waals surface area contributed by atoms with E-state index in [1.807, 2.05) is 6.08 Å². The first-order chi connectivity index (χ1) is 29.1. The molecule has 4 amide bonds. The van der Waals surface area contributed by atoms with E-state index in [0.29, 0.717) is 49.7 Å². The van der Waals surface area contributed by atoms with Gasteiger partial charge in [0.2, 0.25) is 21.8 Å². The van der Waals surface area contributed by atoms with Gasteiger partial charge in [-0.25, -0.2) is 18.2 Å². The molecule has 1 aromatic carbocycles. The number of alkyl halides is 3. The summed E-state index contributed by atoms with van der Waals surface area (Å²) in [5, 5.41) is 9.42. The van der Waals surface area contributed by atoms with Crippen LogP contribution in [-0.4, -0.2) is 95.4 Å². The molecule has 1 aromatic heterocycles. The van der Waals surface area contributed by atoms with Crippen molar-refractivity contribution in [2.75, 3.05) is 13.7 Å². The molecule has 338 valence electrons. The minimum absolute atomic E-state index is 0.00207. The molecule has 62 heavy (non-hydrogen) atoms. The zero-order valence-electron chi connectivity index (χ0n) is 35.6. The smallest absolute Gasteiger partial charge is 0.437 e. The molecule has 15 nitrogen and oxygen atoms in total. The zero-order valence-corrected chi connectivity index (χ0v) is 36.4. The fourth-order valence-corrected chi connectivity index (χ4v) is 10.4. The van der Waals surface area contributed by atoms with Crippen LogP contribution in [0.2, 0.25) is 0 Å². The van der Waals surface area contributed by atoms with Crippen molar-refractivity contribution in [1.82, 2.24) is 30.6 Å². The molecule has 4 fully saturated rings. The van der Waals surface area contributed by atoms with E-state index in [9.17, 15) is 27.6 Å². The van der Waals surface area contributed by atoms with Crippen molar-refractivity contribution < 1.29 is 55.0 Å². The van der Waals surface area contributed by atoms with E-state index in [-0.39, 0.29) is 49.4 Å². The van der Waals surface area contributed by atoms with Crippen LogP contribution in [0.4, 0.5) is 18.0 Å². The average molecular weight is 889 g/mol. The van der Waals surface area contributed by atoms with Crippen molar-refractivity contribution >= 4 is 44.7 Å². The van der Waals surface area contributed by atoms with Crippen LogP contribution in [0.3, 0.4) is 0 Å². The number of rotatable bonds is 7. The van der Waals surface area contributed by atoms with Crippen molar-refractivity contribution in [1.29, 1.82) is 0 Å². The van der Waals surface area contributed by atoms with E-state index in [0.717, 1.165) is 12.8 Å². The minimum Gasteiger partial charge on any atom is -0.497 e. The number of halogens is 3. The Morgan fingerprint density at radius 3 is 2.42 bits per heavy atom. The van der Waals surface area contributed by atoms with Gasteiger partial charge in [0.05, 0.1) is 23.9 Å². The molecule has 0 radical (unpaired) electrons. The number of nitrogens with zero attached hydrogens (tertiary/aromatic N) is 2. The lowest BCUT2D eigenvalue weighted by Gasteiger charge is -2.41. The second kappa shape index (κ2) is 15.6. The average Bonchev–Trinajstić information content (AvgIpc) is 4.13. The topological polar surface area (TPSA) is 194 Å². The number of hydrogen-bond donors (Lipinski definition) is 4. The van der Waals surface area contributed by atoms with Gasteiger partial charge in [-0.05, 0) is 97.3 Å². The number of benzene rings is 1. The first-order valence-corrected chi connectivity index (χ1v) is 22.9. The molecule has 19 heteroatoms. The Bertz CT molecular complexity index is 2310. The first-order valence-electron chi connectivity index (χ1n) is 21.5. The van der Waals surface area contributed by atoms with Crippen LogP contribution in [-0.2, 0) is 35.3 Å². The molecular weight excluding hydrogens is 834 g/mol. The molecule has 3 aliphatic carbocycles. The Kier molecular flexibility index (Phi) is 11.0. The van der Waals surface area contributed by atoms with Crippen molar-refractivity contribution in [2.45, 2.75) is 157 Å². The summed E-state index contributed by atoms with van der Waals surface area (Å²) in [5.74, 6) is -3.11. The van der Waals surface area contributed by atoms with Gasteiger partial charge >= 0.3 is 12.3 Å². The summed E-state index contributed by atoms with van der Waals surface area (Å²) in [7, 11) is -2.66. The number of nitrogens with one attached hydrogen (secondary N) is 4. The summed E-state index contributed by atoms with van der Waals surface area (Å²) in [6.07, 6.45) is 2.60. The molecule has 1 spiro atoms. The second-order valence-electron chi connectivity index (χ2n) is 19.2. The van der Waals surface area contributed by atoms with Gasteiger partial charge in [-0.3, -0.25) is 19.1 Å². The highest BCUT2D eigenvalue weighted by Crippen LogP contribution is 2.53. The van der Waals surface area contributed by atoms with Gasteiger partial charge < -0.3 is 35.1 Å². The SMILES string of the molecule is COc1ccc2nc(C(F)(F)F)c3c(c2c1)[C@@H](NC1CC1)C[C@]1(C[C@H]2C(=O)N[C@]4(C(=O)NS(=O)(=O)C5(C)CC5)C[C@H]4/C=C\CCCCC[C@H](NC(=O)OC(C)(C)C)C(=O)N2C1)O3. The third-order valence-corrected chi connectivity index (χ3v) is 15.2. The van der Waals surface area contributed by atoms with Crippen molar-refractivity contribution in [2.24, 2.45) is 5.92 Å². The van der Waals surface area contributed by atoms with Crippen LogP contribution < -0.4 is 30.1 Å². The third-order valence-electron chi connectivity index (χ3n) is 13.0. The first kappa shape index (κ1) is 44.0. The largest absolute Gasteiger partial charge is 0.497 e. The van der Waals surface area contributed by atoms with Gasteiger partial charge in [0, 0.05) is 41.8 Å². The van der Waals surface area contributed by atoms with Crippen molar-refractivity contribution in [3.63, 3.8) is 0 Å². The Hall–Kier alpha value is -4.65. The minimum atomic E-state index is -4.97. The standard InChI is InChI=1S/C43H55F3N6O9S/c1-39(2,3)61-38(56)49-29-12-10-8-6-7-9-11-24-20-42(24,37(55)51-62(57,58)40(4)17-18-40)50-35(53)31-22-41(23-52(31)36(29)54)21-30(47-25-13-14-25)32-27-19-26(59-5)15-16-28(27)48-34(33(32)60-41)43(44,45)46/h9,11,15-16,19,24-25,29-31,47H,6-8,10,12-14,17-18,20-23H2,1-5H3,(H,49,56)(H,50,53)(H,51,55)/b11-9-/t24-,29+,30+,31+,41-,42-/m1/s1. The Balaban J connectivity index is 1.21. The van der Waals surface area contributed by atoms with E-state index in [4.69, 9.17) is 14.2 Å². The van der Waals surface area contributed by atoms with Crippen LogP contribution >= 0.6 is 0 Å². The lowest BCUT2D eigenvalue weighted by molar-refractivity contribution is -0.144. The van der Waals surface area contributed by atoms with E-state index in [1.165, 1.54) is 31.1 Å². The number of pyridine rings is 1. The van der Waals surface area contributed by atoms with Crippen LogP contribution in [0.5, 0.6) is 11.5 Å². The summed E-state index contributed by atoms with van der Waals surface area (Å²) in [5.41, 5.74) is -5.15. The maximum absolute atomic E-state index is 15.1. The number of carbonyl (C=O) groups is 4. The molecule has 1 saturated heterocycles. The van der Waals surface area contributed by atoms with E-state index < -0.39 is 97.0 Å². The summed E-state index contributed by atoms with van der Waals surface area (Å²) >= 11 is 0. The lowest BCUT2D eigenvalue weighted by Crippen LogP contribution is -2.58. The maximum Gasteiger partial charge on any atom is 0.437 e. The molecule has 6 atom stereocenters. The number of fused-ring (bicyclic) bond motifs is 5. The maximum atomic E-state index is 15.1. The van der Waals surface area contributed by atoms with Gasteiger partial charge in [-0.15, -0.1) is 0 Å². The summed E-state index contributed by atoms with van der Waals surface area (Å²) in [6.45, 7) is 6.19. The predicted octanol–water partition coefficient (Wildman–Crippen LogP) is 5.46. The highest BCUT2D eigenvalue weighted by atomic mass is 32.2. The molecule has 6 aliphatic rings. The third kappa shape index (κ3) is 8.67. The number of sulfonamides is 1. The molecule has 3 aliphatic heterocycles. The normalized spacial score (nSPS) is 30.4. The highest BCUT2D eigenvalue weighted by molar-refractivity contribution is 7.91. The molecule has 0 unspecified atom stereocenters. The fourth-order valence-electron chi connectivity index (χ4n) is 9.08. The number of alkyl carbamates (subject to hydrolysis) is 1. The monoisotopic (exact) mass is 888 g/mol. The Morgan fingerprint density at radius 2 is 1.76 bits per heavy atom. The molecular formula is C43H55F3N6O9S. The number of amides is 4. The molecule has 4 N–H and O–H groups in total. The van der Waals surface area contributed by atoms with E-state index in [1.54, 1.807) is 32.9 Å². The van der Waals surface area contributed by atoms with Crippen LogP contribution in [0.1, 0.15) is 122 Å². The van der Waals surface area contributed by atoms with Crippen molar-refractivity contribution in [3.05, 3.63) is 41.6 Å². The fraction of sp³-hybridized carbons (Fsp3) is 0.651. The number of aromatic nitrogens is 1.